The smallest absolute Gasteiger partial charge is 0.271 e. The van der Waals surface area contributed by atoms with E-state index in [1.165, 1.54) is 0 Å². The van der Waals surface area contributed by atoms with Gasteiger partial charge in [0.25, 0.3) is 5.91 Å². The quantitative estimate of drug-likeness (QED) is 0.727. The van der Waals surface area contributed by atoms with Crippen molar-refractivity contribution in [3.8, 4) is 11.5 Å². The third kappa shape index (κ3) is 2.95. The van der Waals surface area contributed by atoms with Crippen LogP contribution < -0.4 is 5.32 Å². The van der Waals surface area contributed by atoms with Crippen LogP contribution in [0.1, 0.15) is 35.8 Å². The first-order chi connectivity index (χ1) is 14.1. The second kappa shape index (κ2) is 6.65. The number of nitrogens with one attached hydrogen (secondary N) is 1. The molecule has 2 amide bonds. The van der Waals surface area contributed by atoms with Crippen molar-refractivity contribution < 1.29 is 14.0 Å². The fourth-order valence-electron chi connectivity index (χ4n) is 4.25. The van der Waals surface area contributed by atoms with Gasteiger partial charge < -0.3 is 19.2 Å². The van der Waals surface area contributed by atoms with Gasteiger partial charge in [0, 0.05) is 12.6 Å². The lowest BCUT2D eigenvalue weighted by Crippen LogP contribution is -2.64. The van der Waals surface area contributed by atoms with E-state index < -0.39 is 5.54 Å². The molecule has 1 N–H and O–H groups in total. The van der Waals surface area contributed by atoms with Crippen LogP contribution in [0.3, 0.4) is 0 Å². The first-order valence-electron chi connectivity index (χ1n) is 9.97. The van der Waals surface area contributed by atoms with Crippen LogP contribution in [0.5, 0.6) is 0 Å². The normalized spacial score (nSPS) is 21.1. The van der Waals surface area contributed by atoms with Crippen LogP contribution in [-0.2, 0) is 17.9 Å². The summed E-state index contributed by atoms with van der Waals surface area (Å²) in [6.07, 6.45) is 3.50. The topological polar surface area (TPSA) is 67.5 Å². The van der Waals surface area contributed by atoms with Gasteiger partial charge in [-0.3, -0.25) is 9.59 Å². The lowest BCUT2D eigenvalue weighted by molar-refractivity contribution is -0.133. The van der Waals surface area contributed by atoms with Crippen molar-refractivity contribution in [2.45, 2.75) is 44.4 Å². The molecule has 0 unspecified atom stereocenters. The van der Waals surface area contributed by atoms with E-state index in [4.69, 9.17) is 4.42 Å². The number of aromatic nitrogens is 1. The molecule has 1 aliphatic carbocycles. The molecular weight excluding hydrogens is 366 g/mol. The molecule has 3 aromatic rings. The highest BCUT2D eigenvalue weighted by molar-refractivity contribution is 6.00. The first kappa shape index (κ1) is 17.8. The van der Waals surface area contributed by atoms with Gasteiger partial charge in [-0.15, -0.1) is 0 Å². The van der Waals surface area contributed by atoms with Crippen LogP contribution in [0, 0.1) is 0 Å². The molecule has 2 aromatic heterocycles. The van der Waals surface area contributed by atoms with Gasteiger partial charge in [-0.05, 0) is 49.6 Å². The second-order valence-electron chi connectivity index (χ2n) is 8.02. The van der Waals surface area contributed by atoms with Gasteiger partial charge in [-0.1, -0.05) is 30.3 Å². The van der Waals surface area contributed by atoms with Crippen molar-refractivity contribution >= 4 is 11.8 Å². The number of furan rings is 1. The molecule has 1 fully saturated rings. The Bertz CT molecular complexity index is 1050. The van der Waals surface area contributed by atoms with E-state index in [2.05, 4.69) is 5.32 Å². The average molecular weight is 389 g/mol. The van der Waals surface area contributed by atoms with Gasteiger partial charge in [-0.25, -0.2) is 0 Å². The third-order valence-corrected chi connectivity index (χ3v) is 5.89. The van der Waals surface area contributed by atoms with Crippen molar-refractivity contribution in [2.24, 2.45) is 0 Å². The third-order valence-electron chi connectivity index (χ3n) is 5.89. The van der Waals surface area contributed by atoms with E-state index in [-0.39, 0.29) is 17.9 Å². The maximum Gasteiger partial charge on any atom is 0.271 e. The summed E-state index contributed by atoms with van der Waals surface area (Å²) in [5, 5.41) is 3.05. The lowest BCUT2D eigenvalue weighted by atomic mass is 9.94. The van der Waals surface area contributed by atoms with Crippen molar-refractivity contribution in [2.75, 3.05) is 0 Å². The van der Waals surface area contributed by atoms with Gasteiger partial charge in [-0.2, -0.15) is 0 Å². The summed E-state index contributed by atoms with van der Waals surface area (Å²) in [6, 6.07) is 17.4. The van der Waals surface area contributed by atoms with Crippen LogP contribution in [0.15, 0.2) is 65.3 Å². The van der Waals surface area contributed by atoms with Crippen LogP contribution in [0.4, 0.5) is 0 Å². The van der Waals surface area contributed by atoms with Crippen molar-refractivity contribution in [3.05, 3.63) is 72.1 Å². The minimum atomic E-state index is -0.958. The molecule has 1 aliphatic heterocycles. The largest absolute Gasteiger partial charge is 0.463 e. The van der Waals surface area contributed by atoms with Crippen LogP contribution >= 0.6 is 0 Å². The van der Waals surface area contributed by atoms with Gasteiger partial charge in [0.05, 0.1) is 18.5 Å². The van der Waals surface area contributed by atoms with Gasteiger partial charge in [0.15, 0.2) is 0 Å². The second-order valence-corrected chi connectivity index (χ2v) is 8.02. The molecule has 1 atom stereocenters. The van der Waals surface area contributed by atoms with E-state index >= 15 is 0 Å². The number of hydrogen-bond donors (Lipinski definition) is 1. The Morgan fingerprint density at radius 1 is 1.10 bits per heavy atom. The Morgan fingerprint density at radius 2 is 1.86 bits per heavy atom. The predicted octanol–water partition coefficient (Wildman–Crippen LogP) is 3.44. The Kier molecular flexibility index (Phi) is 4.08. The maximum absolute atomic E-state index is 13.4. The monoisotopic (exact) mass is 389 g/mol. The standard InChI is InChI=1S/C23H23N3O3/c1-23(22(28)24-14-16-6-3-2-4-7-16)15-25-18(20-8-5-13-29-20)11-12-19(25)21(27)26(23)17-9-10-17/h2-8,11-13,17H,9-10,14-15H2,1H3,(H,24,28)/t23-/m0/s1. The molecule has 3 heterocycles. The van der Waals surface area contributed by atoms with E-state index in [9.17, 15) is 9.59 Å². The number of carbonyl (C=O) groups excluding carboxylic acids is 2. The van der Waals surface area contributed by atoms with Crippen molar-refractivity contribution in [3.63, 3.8) is 0 Å². The summed E-state index contributed by atoms with van der Waals surface area (Å²) in [6.45, 7) is 2.71. The molecule has 0 saturated heterocycles. The Morgan fingerprint density at radius 3 is 2.55 bits per heavy atom. The van der Waals surface area contributed by atoms with Gasteiger partial charge >= 0.3 is 0 Å². The molecule has 6 heteroatoms. The summed E-state index contributed by atoms with van der Waals surface area (Å²) >= 11 is 0. The van der Waals surface area contributed by atoms with E-state index in [1.807, 2.05) is 66.1 Å². The summed E-state index contributed by atoms with van der Waals surface area (Å²) in [4.78, 5) is 28.5. The summed E-state index contributed by atoms with van der Waals surface area (Å²) < 4.78 is 7.47. The predicted molar refractivity (Wildman–Crippen MR) is 108 cm³/mol. The minimum absolute atomic E-state index is 0.0890. The molecule has 5 rings (SSSR count). The molecule has 6 nitrogen and oxygen atoms in total. The van der Waals surface area contributed by atoms with Crippen LogP contribution in [0.2, 0.25) is 0 Å². The Labute approximate surface area is 169 Å². The molecule has 148 valence electrons. The van der Waals surface area contributed by atoms with E-state index in [0.717, 1.165) is 24.1 Å². The number of amides is 2. The summed E-state index contributed by atoms with van der Waals surface area (Å²) in [7, 11) is 0. The highest BCUT2D eigenvalue weighted by Crippen LogP contribution is 2.40. The van der Waals surface area contributed by atoms with Crippen molar-refractivity contribution in [1.82, 2.24) is 14.8 Å². The summed E-state index contributed by atoms with van der Waals surface area (Å²) in [5.74, 6) is 0.469. The fourth-order valence-corrected chi connectivity index (χ4v) is 4.25. The molecule has 1 saturated carbocycles. The first-order valence-corrected chi connectivity index (χ1v) is 9.97. The van der Waals surface area contributed by atoms with E-state index in [0.29, 0.717) is 24.5 Å². The number of nitrogens with zero attached hydrogens (tertiary/aromatic N) is 2. The SMILES string of the molecule is C[C@@]1(C(=O)NCc2ccccc2)Cn2c(ccc2-c2ccco2)C(=O)N1C1CC1. The maximum atomic E-state index is 13.4. The number of rotatable bonds is 5. The molecule has 29 heavy (non-hydrogen) atoms. The zero-order chi connectivity index (χ0) is 20.0. The minimum Gasteiger partial charge on any atom is -0.463 e. The number of carbonyl (C=O) groups is 2. The Hall–Kier alpha value is -3.28. The number of fused-ring (bicyclic) bond motifs is 1. The average Bonchev–Trinajstić information content (AvgIpc) is 3.23. The molecular formula is C23H23N3O3. The molecule has 0 radical (unpaired) electrons. The van der Waals surface area contributed by atoms with Gasteiger partial charge in [0.2, 0.25) is 5.91 Å². The molecule has 0 bridgehead atoms. The highest BCUT2D eigenvalue weighted by Gasteiger charge is 2.52. The number of benzene rings is 1. The number of hydrogen-bond acceptors (Lipinski definition) is 3. The fraction of sp³-hybridized carbons (Fsp3) is 0.304. The zero-order valence-electron chi connectivity index (χ0n) is 16.3. The Balaban J connectivity index is 1.49. The highest BCUT2D eigenvalue weighted by atomic mass is 16.3. The molecule has 0 spiro atoms. The summed E-state index contributed by atoms with van der Waals surface area (Å²) in [5.41, 5.74) is 1.50. The zero-order valence-corrected chi connectivity index (χ0v) is 16.3. The van der Waals surface area contributed by atoms with Crippen LogP contribution in [0.25, 0.3) is 11.5 Å². The molecule has 2 aliphatic rings. The molecule has 1 aromatic carbocycles. The van der Waals surface area contributed by atoms with Gasteiger partial charge in [0.1, 0.15) is 17.0 Å². The van der Waals surface area contributed by atoms with Crippen LogP contribution in [-0.4, -0.2) is 32.9 Å². The van der Waals surface area contributed by atoms with Crippen molar-refractivity contribution in [1.29, 1.82) is 0 Å². The van der Waals surface area contributed by atoms with E-state index in [1.54, 1.807) is 11.2 Å². The lowest BCUT2D eigenvalue weighted by Gasteiger charge is -2.44.